The van der Waals surface area contributed by atoms with E-state index in [1.807, 2.05) is 25.1 Å². The summed E-state index contributed by atoms with van der Waals surface area (Å²) in [5.41, 5.74) is 1.73. The lowest BCUT2D eigenvalue weighted by molar-refractivity contribution is 0.296. The Labute approximate surface area is 121 Å². The molecule has 3 N–H and O–H groups in total. The molecule has 2 aromatic rings. The quantitative estimate of drug-likeness (QED) is 0.592. The number of pyridine rings is 1. The lowest BCUT2D eigenvalue weighted by Crippen LogP contribution is -2.19. The van der Waals surface area contributed by atoms with Crippen molar-refractivity contribution in [2.24, 2.45) is 0 Å². The molecule has 104 valence electrons. The average Bonchev–Trinajstić information content (AvgIpc) is 2.39. The molecule has 1 aromatic carbocycles. The van der Waals surface area contributed by atoms with E-state index >= 15 is 0 Å². The molecule has 0 spiro atoms. The maximum absolute atomic E-state index is 10.7. The van der Waals surface area contributed by atoms with Crippen LogP contribution in [0, 0.1) is 12.1 Å². The van der Waals surface area contributed by atoms with Gasteiger partial charge in [-0.05, 0) is 55.5 Å². The lowest BCUT2D eigenvalue weighted by Gasteiger charge is -2.21. The lowest BCUT2D eigenvalue weighted by atomic mass is 10.3. The molecule has 6 nitrogen and oxygen atoms in total. The van der Waals surface area contributed by atoms with Crippen molar-refractivity contribution >= 4 is 34.5 Å². The Morgan fingerprint density at radius 2 is 1.90 bits per heavy atom. The number of aryl methyl sites for hydroxylation is 1. The highest BCUT2D eigenvalue weighted by molar-refractivity contribution is 7.80. The molecule has 1 aromatic heterocycles. The third-order valence-electron chi connectivity index (χ3n) is 2.48. The molecule has 0 saturated heterocycles. The fraction of sp³-hybridized carbons (Fsp3) is 0.0769. The second-order valence-corrected chi connectivity index (χ2v) is 4.47. The average molecular weight is 289 g/mol. The number of nitrogens with one attached hydrogen (secondary N) is 2. The van der Waals surface area contributed by atoms with Crippen LogP contribution in [0.5, 0.6) is 0 Å². The zero-order chi connectivity index (χ0) is 14.5. The van der Waals surface area contributed by atoms with E-state index in [1.54, 1.807) is 12.1 Å². The second-order valence-electron chi connectivity index (χ2n) is 4.06. The molecule has 0 unspecified atom stereocenters. The van der Waals surface area contributed by atoms with Gasteiger partial charge in [-0.15, -0.1) is 0 Å². The summed E-state index contributed by atoms with van der Waals surface area (Å²) in [5, 5.41) is 25.5. The monoisotopic (exact) mass is 289 g/mol. The van der Waals surface area contributed by atoms with Crippen LogP contribution >= 0.6 is 12.2 Å². The van der Waals surface area contributed by atoms with Gasteiger partial charge in [-0.2, -0.15) is 0 Å². The van der Waals surface area contributed by atoms with Gasteiger partial charge in [-0.25, -0.2) is 4.98 Å². The Kier molecular flexibility index (Phi) is 4.46. The fourth-order valence-electron chi connectivity index (χ4n) is 1.56. The molecular formula is C13H13N4O2S-. The van der Waals surface area contributed by atoms with Crippen LogP contribution in [0.25, 0.3) is 0 Å². The van der Waals surface area contributed by atoms with Crippen molar-refractivity contribution in [1.29, 1.82) is 0 Å². The summed E-state index contributed by atoms with van der Waals surface area (Å²) in [5.74, 6) is 0.653. The minimum Gasteiger partial charge on any atom is -0.733 e. The number of anilines is 3. The van der Waals surface area contributed by atoms with Gasteiger partial charge in [0.2, 0.25) is 0 Å². The van der Waals surface area contributed by atoms with Gasteiger partial charge in [0, 0.05) is 11.4 Å². The van der Waals surface area contributed by atoms with Gasteiger partial charge >= 0.3 is 0 Å². The highest BCUT2D eigenvalue weighted by Gasteiger charge is 2.00. The van der Waals surface area contributed by atoms with Crippen molar-refractivity contribution in [2.75, 3.05) is 15.9 Å². The number of thiocarbonyl (C=S) groups is 1. The standard InChI is InChI=1S/C13H13N4O2S/c1-9-3-2-4-12(14-9)16-13(20)15-10-5-7-11(8-6-10)17(18)19/h2-8,18H,1H3,(H2,14,15,16,20)/q-1. The predicted molar refractivity (Wildman–Crippen MR) is 82.9 cm³/mol. The van der Waals surface area contributed by atoms with E-state index < -0.39 is 0 Å². The van der Waals surface area contributed by atoms with E-state index in [9.17, 15) is 5.21 Å². The summed E-state index contributed by atoms with van der Waals surface area (Å²) < 4.78 is 0. The number of hydrogen-bond donors (Lipinski definition) is 3. The molecule has 0 aliphatic rings. The van der Waals surface area contributed by atoms with Crippen LogP contribution in [0.3, 0.4) is 0 Å². The van der Waals surface area contributed by atoms with Crippen LogP contribution in [0.15, 0.2) is 42.5 Å². The van der Waals surface area contributed by atoms with Crippen molar-refractivity contribution in [3.63, 3.8) is 0 Å². The highest BCUT2D eigenvalue weighted by atomic mass is 32.1. The van der Waals surface area contributed by atoms with Crippen LogP contribution in [0.4, 0.5) is 17.2 Å². The van der Waals surface area contributed by atoms with Crippen molar-refractivity contribution in [2.45, 2.75) is 6.92 Å². The molecular weight excluding hydrogens is 276 g/mol. The Morgan fingerprint density at radius 3 is 2.50 bits per heavy atom. The molecule has 0 saturated carbocycles. The number of rotatable bonds is 3. The van der Waals surface area contributed by atoms with Gasteiger partial charge < -0.3 is 21.1 Å². The van der Waals surface area contributed by atoms with Crippen LogP contribution < -0.4 is 15.9 Å². The van der Waals surface area contributed by atoms with E-state index in [4.69, 9.17) is 17.4 Å². The van der Waals surface area contributed by atoms with Crippen molar-refractivity contribution in [3.05, 3.63) is 53.4 Å². The van der Waals surface area contributed by atoms with Gasteiger partial charge in [-0.3, -0.25) is 5.21 Å². The third kappa shape index (κ3) is 3.89. The second kappa shape index (κ2) is 6.29. The summed E-state index contributed by atoms with van der Waals surface area (Å²) in [6.07, 6.45) is 0. The Bertz CT molecular complexity index is 602. The highest BCUT2D eigenvalue weighted by Crippen LogP contribution is 2.16. The molecule has 7 heteroatoms. The smallest absolute Gasteiger partial charge is 0.176 e. The van der Waals surface area contributed by atoms with E-state index in [2.05, 4.69) is 15.6 Å². The van der Waals surface area contributed by atoms with Gasteiger partial charge in [0.15, 0.2) is 5.11 Å². The van der Waals surface area contributed by atoms with Gasteiger partial charge in [0.1, 0.15) is 5.82 Å². The van der Waals surface area contributed by atoms with Crippen molar-refractivity contribution in [3.8, 4) is 0 Å². The Morgan fingerprint density at radius 1 is 1.20 bits per heavy atom. The first-order valence-corrected chi connectivity index (χ1v) is 6.23. The molecule has 1 heterocycles. The normalized spacial score (nSPS) is 9.95. The molecule has 20 heavy (non-hydrogen) atoms. The van der Waals surface area contributed by atoms with Gasteiger partial charge in [0.05, 0.1) is 5.69 Å². The molecule has 0 aliphatic heterocycles. The van der Waals surface area contributed by atoms with Gasteiger partial charge in [-0.1, -0.05) is 6.07 Å². The van der Waals surface area contributed by atoms with Crippen LogP contribution in [-0.4, -0.2) is 15.3 Å². The summed E-state index contributed by atoms with van der Waals surface area (Å²) in [4.78, 5) is 4.27. The number of nitrogens with zero attached hydrogens (tertiary/aromatic N) is 2. The summed E-state index contributed by atoms with van der Waals surface area (Å²) >= 11 is 5.16. The first-order chi connectivity index (χ1) is 9.54. The molecule has 0 amide bonds. The minimum atomic E-state index is -0.197. The van der Waals surface area contributed by atoms with E-state index in [1.165, 1.54) is 12.1 Å². The van der Waals surface area contributed by atoms with Crippen LogP contribution in [0.2, 0.25) is 0 Å². The summed E-state index contributed by atoms with van der Waals surface area (Å²) in [7, 11) is 0. The van der Waals surface area contributed by atoms with Gasteiger partial charge in [0.25, 0.3) is 0 Å². The first-order valence-electron chi connectivity index (χ1n) is 5.82. The molecule has 0 atom stereocenters. The van der Waals surface area contributed by atoms with Crippen molar-refractivity contribution < 1.29 is 5.21 Å². The minimum absolute atomic E-state index is 0.148. The Balaban J connectivity index is 1.97. The number of benzene rings is 1. The number of aromatic nitrogens is 1. The number of hydrogen-bond acceptors (Lipinski definition) is 5. The zero-order valence-electron chi connectivity index (χ0n) is 10.7. The molecule has 0 bridgehead atoms. The molecule has 0 fully saturated rings. The SMILES string of the molecule is Cc1cccc(NC(=S)Nc2ccc(N([O-])O)cc2)n1. The van der Waals surface area contributed by atoms with E-state index in [0.717, 1.165) is 5.69 Å². The molecule has 0 aliphatic carbocycles. The third-order valence-corrected chi connectivity index (χ3v) is 2.68. The van der Waals surface area contributed by atoms with E-state index in [0.29, 0.717) is 16.6 Å². The maximum Gasteiger partial charge on any atom is 0.176 e. The fourth-order valence-corrected chi connectivity index (χ4v) is 1.79. The topological polar surface area (TPSA) is 83.5 Å². The molecule has 2 rings (SSSR count). The zero-order valence-corrected chi connectivity index (χ0v) is 11.5. The first kappa shape index (κ1) is 14.2. The Hall–Kier alpha value is -2.22. The van der Waals surface area contributed by atoms with Crippen molar-refractivity contribution in [1.82, 2.24) is 4.98 Å². The molecule has 0 radical (unpaired) electrons. The largest absolute Gasteiger partial charge is 0.733 e. The predicted octanol–water partition coefficient (Wildman–Crippen LogP) is 2.89. The van der Waals surface area contributed by atoms with Crippen LogP contribution in [-0.2, 0) is 0 Å². The summed E-state index contributed by atoms with van der Waals surface area (Å²) in [6.45, 7) is 1.89. The summed E-state index contributed by atoms with van der Waals surface area (Å²) in [6, 6.07) is 11.8. The maximum atomic E-state index is 10.7. The van der Waals surface area contributed by atoms with E-state index in [-0.39, 0.29) is 10.9 Å². The van der Waals surface area contributed by atoms with Crippen LogP contribution in [0.1, 0.15) is 5.69 Å².